The van der Waals surface area contributed by atoms with Gasteiger partial charge >= 0.3 is 0 Å². The Morgan fingerprint density at radius 2 is 1.67 bits per heavy atom. The average molecular weight is 255 g/mol. The number of rotatable bonds is 2. The normalized spacial score (nSPS) is 32.3. The lowest BCUT2D eigenvalue weighted by molar-refractivity contribution is -0.0662. The maximum Gasteiger partial charge on any atom is 0.126 e. The molecule has 0 radical (unpaired) electrons. The monoisotopic (exact) mass is 255 g/mol. The highest BCUT2D eigenvalue weighted by Crippen LogP contribution is 2.40. The molecule has 3 nitrogen and oxygen atoms in total. The number of hydrogen-bond donors (Lipinski definition) is 1. The molecule has 104 valence electrons. The van der Waals surface area contributed by atoms with Gasteiger partial charge in [0.1, 0.15) is 5.67 Å². The standard InChI is InChI=1S/C14H26FN3/c1-17-8-4-14(15,5-9-17)12-18-10-13(11-18)2-6-16-7-3-13/h16H,2-12H2,1H3. The van der Waals surface area contributed by atoms with Crippen molar-refractivity contribution in [2.75, 3.05) is 52.9 Å². The summed E-state index contributed by atoms with van der Waals surface area (Å²) in [5, 5.41) is 3.42. The van der Waals surface area contributed by atoms with Crippen molar-refractivity contribution in [1.29, 1.82) is 0 Å². The molecule has 3 fully saturated rings. The van der Waals surface area contributed by atoms with E-state index < -0.39 is 5.67 Å². The molecule has 3 aliphatic heterocycles. The summed E-state index contributed by atoms with van der Waals surface area (Å²) >= 11 is 0. The molecule has 0 aromatic carbocycles. The third kappa shape index (κ3) is 2.56. The molecule has 1 spiro atoms. The molecule has 0 aromatic rings. The van der Waals surface area contributed by atoms with E-state index in [4.69, 9.17) is 0 Å². The van der Waals surface area contributed by atoms with Gasteiger partial charge in [-0.3, -0.25) is 4.90 Å². The van der Waals surface area contributed by atoms with Crippen molar-refractivity contribution < 1.29 is 4.39 Å². The molecule has 3 heterocycles. The van der Waals surface area contributed by atoms with Crippen LogP contribution in [0.1, 0.15) is 25.7 Å². The first-order chi connectivity index (χ1) is 8.59. The number of piperidine rings is 2. The molecule has 3 rings (SSSR count). The van der Waals surface area contributed by atoms with Crippen LogP contribution in [0.5, 0.6) is 0 Å². The van der Waals surface area contributed by atoms with E-state index >= 15 is 0 Å². The molecule has 0 amide bonds. The van der Waals surface area contributed by atoms with Gasteiger partial charge in [0.15, 0.2) is 0 Å². The van der Waals surface area contributed by atoms with E-state index in [0.717, 1.165) is 39.3 Å². The molecule has 3 aliphatic rings. The fourth-order valence-electron chi connectivity index (χ4n) is 3.87. The molecule has 0 aromatic heterocycles. The lowest BCUT2D eigenvalue weighted by Crippen LogP contribution is -2.63. The fraction of sp³-hybridized carbons (Fsp3) is 1.00. The van der Waals surface area contributed by atoms with Gasteiger partial charge in [0, 0.05) is 32.7 Å². The summed E-state index contributed by atoms with van der Waals surface area (Å²) in [5.41, 5.74) is -0.381. The molecule has 1 N–H and O–H groups in total. The second-order valence-electron chi connectivity index (χ2n) is 6.85. The van der Waals surface area contributed by atoms with E-state index in [2.05, 4.69) is 22.2 Å². The molecule has 0 aliphatic carbocycles. The predicted molar refractivity (Wildman–Crippen MR) is 71.5 cm³/mol. The van der Waals surface area contributed by atoms with Gasteiger partial charge in [-0.05, 0) is 51.2 Å². The van der Waals surface area contributed by atoms with Crippen LogP contribution in [0.4, 0.5) is 4.39 Å². The van der Waals surface area contributed by atoms with Crippen LogP contribution in [0.2, 0.25) is 0 Å². The molecule has 3 saturated heterocycles. The van der Waals surface area contributed by atoms with E-state index in [1.54, 1.807) is 0 Å². The van der Waals surface area contributed by atoms with Crippen molar-refractivity contribution in [3.05, 3.63) is 0 Å². The minimum atomic E-state index is -0.916. The zero-order chi connectivity index (χ0) is 12.6. The van der Waals surface area contributed by atoms with Crippen LogP contribution >= 0.6 is 0 Å². The summed E-state index contributed by atoms with van der Waals surface area (Å²) < 4.78 is 14.7. The first-order valence-electron chi connectivity index (χ1n) is 7.40. The molecular formula is C14H26FN3. The third-order valence-electron chi connectivity index (χ3n) is 5.17. The van der Waals surface area contributed by atoms with Crippen molar-refractivity contribution in [3.63, 3.8) is 0 Å². The maximum atomic E-state index is 14.7. The first-order valence-corrected chi connectivity index (χ1v) is 7.40. The minimum absolute atomic E-state index is 0.535. The second kappa shape index (κ2) is 4.73. The van der Waals surface area contributed by atoms with Crippen LogP contribution in [0, 0.1) is 5.41 Å². The summed E-state index contributed by atoms with van der Waals surface area (Å²) in [6.07, 6.45) is 4.00. The Kier molecular flexibility index (Phi) is 3.37. The van der Waals surface area contributed by atoms with Gasteiger partial charge in [-0.25, -0.2) is 4.39 Å². The number of alkyl halides is 1. The van der Waals surface area contributed by atoms with Crippen LogP contribution in [0.25, 0.3) is 0 Å². The molecule has 4 heteroatoms. The van der Waals surface area contributed by atoms with Crippen molar-refractivity contribution in [3.8, 4) is 0 Å². The van der Waals surface area contributed by atoms with E-state index in [-0.39, 0.29) is 0 Å². The minimum Gasteiger partial charge on any atom is -0.317 e. The number of halogens is 1. The summed E-state index contributed by atoms with van der Waals surface area (Å²) in [4.78, 5) is 4.60. The number of likely N-dealkylation sites (tertiary alicyclic amines) is 2. The van der Waals surface area contributed by atoms with Crippen molar-refractivity contribution in [2.24, 2.45) is 5.41 Å². The second-order valence-corrected chi connectivity index (χ2v) is 6.85. The van der Waals surface area contributed by atoms with Crippen molar-refractivity contribution in [1.82, 2.24) is 15.1 Å². The van der Waals surface area contributed by atoms with Crippen LogP contribution in [-0.4, -0.2) is 68.3 Å². The first kappa shape index (κ1) is 12.8. The Hall–Kier alpha value is -0.190. The predicted octanol–water partition coefficient (Wildman–Crippen LogP) is 1.11. The van der Waals surface area contributed by atoms with E-state index in [1.165, 1.54) is 12.8 Å². The molecule has 0 unspecified atom stereocenters. The quantitative estimate of drug-likeness (QED) is 0.797. The average Bonchev–Trinajstić information content (AvgIpc) is 2.33. The van der Waals surface area contributed by atoms with Gasteiger partial charge in [0.2, 0.25) is 0 Å². The molecule has 0 atom stereocenters. The van der Waals surface area contributed by atoms with Gasteiger partial charge < -0.3 is 10.2 Å². The number of nitrogens with one attached hydrogen (secondary N) is 1. The highest BCUT2D eigenvalue weighted by molar-refractivity contribution is 5.00. The molecule has 18 heavy (non-hydrogen) atoms. The SMILES string of the molecule is CN1CCC(F)(CN2CC3(CCNCC3)C2)CC1. The summed E-state index contributed by atoms with van der Waals surface area (Å²) in [5.74, 6) is 0. The molecule has 0 bridgehead atoms. The Morgan fingerprint density at radius 3 is 2.28 bits per heavy atom. The van der Waals surface area contributed by atoms with Gasteiger partial charge in [-0.1, -0.05) is 0 Å². The lowest BCUT2D eigenvalue weighted by Gasteiger charge is -2.54. The van der Waals surface area contributed by atoms with Gasteiger partial charge in [-0.2, -0.15) is 0 Å². The Balaban J connectivity index is 1.47. The van der Waals surface area contributed by atoms with Crippen LogP contribution in [-0.2, 0) is 0 Å². The smallest absolute Gasteiger partial charge is 0.126 e. The van der Waals surface area contributed by atoms with Crippen molar-refractivity contribution >= 4 is 0 Å². The maximum absolute atomic E-state index is 14.7. The number of nitrogens with zero attached hydrogens (tertiary/aromatic N) is 2. The summed E-state index contributed by atoms with van der Waals surface area (Å²) in [6.45, 7) is 7.08. The van der Waals surface area contributed by atoms with Crippen LogP contribution < -0.4 is 5.32 Å². The third-order valence-corrected chi connectivity index (χ3v) is 5.17. The Bertz CT molecular complexity index is 285. The number of hydrogen-bond acceptors (Lipinski definition) is 3. The van der Waals surface area contributed by atoms with Gasteiger partial charge in [-0.15, -0.1) is 0 Å². The summed E-state index contributed by atoms with van der Waals surface area (Å²) in [6, 6.07) is 0. The largest absolute Gasteiger partial charge is 0.317 e. The fourth-order valence-corrected chi connectivity index (χ4v) is 3.87. The van der Waals surface area contributed by atoms with E-state index in [1.807, 2.05) is 0 Å². The molecular weight excluding hydrogens is 229 g/mol. The van der Waals surface area contributed by atoms with E-state index in [0.29, 0.717) is 24.8 Å². The highest BCUT2D eigenvalue weighted by atomic mass is 19.1. The van der Waals surface area contributed by atoms with Gasteiger partial charge in [0.05, 0.1) is 0 Å². The zero-order valence-corrected chi connectivity index (χ0v) is 11.6. The van der Waals surface area contributed by atoms with Crippen molar-refractivity contribution in [2.45, 2.75) is 31.4 Å². The van der Waals surface area contributed by atoms with Crippen LogP contribution in [0.3, 0.4) is 0 Å². The summed E-state index contributed by atoms with van der Waals surface area (Å²) in [7, 11) is 2.09. The highest BCUT2D eigenvalue weighted by Gasteiger charge is 2.46. The Labute approximate surface area is 110 Å². The lowest BCUT2D eigenvalue weighted by atomic mass is 9.72. The Morgan fingerprint density at radius 1 is 1.06 bits per heavy atom. The molecule has 0 saturated carbocycles. The van der Waals surface area contributed by atoms with Crippen LogP contribution in [0.15, 0.2) is 0 Å². The van der Waals surface area contributed by atoms with E-state index in [9.17, 15) is 4.39 Å². The topological polar surface area (TPSA) is 18.5 Å². The zero-order valence-electron chi connectivity index (χ0n) is 11.6. The van der Waals surface area contributed by atoms with Gasteiger partial charge in [0.25, 0.3) is 0 Å².